The van der Waals surface area contributed by atoms with E-state index in [1.165, 1.54) is 16.7 Å². The number of alkyl halides is 3. The summed E-state index contributed by atoms with van der Waals surface area (Å²) in [6.45, 7) is 0. The number of hydrogen-bond acceptors (Lipinski definition) is 0. The molecule has 0 aliphatic rings. The summed E-state index contributed by atoms with van der Waals surface area (Å²) in [5.41, 5.74) is -0.0436. The first-order valence-corrected chi connectivity index (χ1v) is 7.33. The van der Waals surface area contributed by atoms with Crippen LogP contribution in [0.2, 0.25) is 0 Å². The van der Waals surface area contributed by atoms with Crippen molar-refractivity contribution in [1.82, 2.24) is 4.57 Å². The zero-order valence-corrected chi connectivity index (χ0v) is 12.3. The third-order valence-electron chi connectivity index (χ3n) is 4.10. The molecule has 0 fully saturated rings. The SMILES string of the molecule is Fc1c(-n2c3ccccc3c3ccccc32)cccc1C(F)(F)F. The summed E-state index contributed by atoms with van der Waals surface area (Å²) >= 11 is 0. The molecule has 1 nitrogen and oxygen atoms in total. The standard InChI is InChI=1S/C19H11F4N/c20-18-14(19(21,22)23)8-5-11-17(18)24-15-9-3-1-6-12(15)13-7-2-4-10-16(13)24/h1-11H. The predicted octanol–water partition coefficient (Wildman–Crippen LogP) is 5.94. The number of halogens is 4. The highest BCUT2D eigenvalue weighted by atomic mass is 19.4. The molecule has 4 rings (SSSR count). The molecule has 0 unspecified atom stereocenters. The fourth-order valence-corrected chi connectivity index (χ4v) is 3.09. The highest BCUT2D eigenvalue weighted by Crippen LogP contribution is 2.37. The van der Waals surface area contributed by atoms with Crippen LogP contribution in [0.25, 0.3) is 27.5 Å². The Labute approximate surface area is 134 Å². The number of benzene rings is 3. The predicted molar refractivity (Wildman–Crippen MR) is 85.7 cm³/mol. The average molecular weight is 329 g/mol. The van der Waals surface area contributed by atoms with Crippen molar-refractivity contribution in [1.29, 1.82) is 0 Å². The van der Waals surface area contributed by atoms with Gasteiger partial charge in [-0.3, -0.25) is 0 Å². The lowest BCUT2D eigenvalue weighted by Crippen LogP contribution is -2.10. The van der Waals surface area contributed by atoms with E-state index < -0.39 is 17.6 Å². The van der Waals surface area contributed by atoms with Crippen molar-refractivity contribution in [3.8, 4) is 5.69 Å². The number of hydrogen-bond donors (Lipinski definition) is 0. The maximum absolute atomic E-state index is 14.6. The van der Waals surface area contributed by atoms with Crippen LogP contribution in [0.15, 0.2) is 66.7 Å². The first-order valence-electron chi connectivity index (χ1n) is 7.33. The molecule has 0 aliphatic carbocycles. The van der Waals surface area contributed by atoms with Gasteiger partial charge in [-0.2, -0.15) is 13.2 Å². The van der Waals surface area contributed by atoms with Gasteiger partial charge < -0.3 is 4.57 Å². The van der Waals surface area contributed by atoms with Gasteiger partial charge in [-0.05, 0) is 24.3 Å². The normalized spacial score (nSPS) is 12.2. The topological polar surface area (TPSA) is 4.93 Å². The summed E-state index contributed by atoms with van der Waals surface area (Å²) in [5, 5.41) is 1.73. The molecule has 0 amide bonds. The van der Waals surface area contributed by atoms with Crippen LogP contribution < -0.4 is 0 Å². The maximum Gasteiger partial charge on any atom is 0.419 e. The van der Waals surface area contributed by atoms with Gasteiger partial charge in [0.25, 0.3) is 0 Å². The van der Waals surface area contributed by atoms with Gasteiger partial charge in [-0.1, -0.05) is 42.5 Å². The second-order valence-corrected chi connectivity index (χ2v) is 5.51. The van der Waals surface area contributed by atoms with Crippen molar-refractivity contribution in [3.63, 3.8) is 0 Å². The highest BCUT2D eigenvalue weighted by molar-refractivity contribution is 6.09. The van der Waals surface area contributed by atoms with Crippen molar-refractivity contribution in [2.45, 2.75) is 6.18 Å². The Hall–Kier alpha value is -2.82. The Morgan fingerprint density at radius 1 is 0.667 bits per heavy atom. The van der Waals surface area contributed by atoms with Crippen molar-refractivity contribution in [2.75, 3.05) is 0 Å². The van der Waals surface area contributed by atoms with Gasteiger partial charge in [-0.25, -0.2) is 4.39 Å². The summed E-state index contributed by atoms with van der Waals surface area (Å²) in [5.74, 6) is -1.27. The van der Waals surface area contributed by atoms with Gasteiger partial charge in [0.2, 0.25) is 0 Å². The van der Waals surface area contributed by atoms with Crippen molar-refractivity contribution in [2.24, 2.45) is 0 Å². The number of aromatic nitrogens is 1. The highest BCUT2D eigenvalue weighted by Gasteiger charge is 2.35. The van der Waals surface area contributed by atoms with Gasteiger partial charge in [-0.15, -0.1) is 0 Å². The number of nitrogens with zero attached hydrogens (tertiary/aromatic N) is 1. The molecule has 1 heterocycles. The van der Waals surface area contributed by atoms with Gasteiger partial charge in [0.15, 0.2) is 5.82 Å². The Kier molecular flexibility index (Phi) is 3.13. The zero-order chi connectivity index (χ0) is 16.9. The molecule has 5 heteroatoms. The first-order chi connectivity index (χ1) is 11.5. The van der Waals surface area contributed by atoms with Gasteiger partial charge >= 0.3 is 6.18 Å². The minimum absolute atomic E-state index is 0.109. The van der Waals surface area contributed by atoms with Crippen molar-refractivity contribution in [3.05, 3.63) is 78.1 Å². The molecular formula is C19H11F4N. The van der Waals surface area contributed by atoms with Crippen LogP contribution in [-0.2, 0) is 6.18 Å². The molecule has 0 saturated carbocycles. The van der Waals surface area contributed by atoms with Gasteiger partial charge in [0, 0.05) is 10.8 Å². The van der Waals surface area contributed by atoms with Crippen LogP contribution in [0, 0.1) is 5.82 Å². The Balaban J connectivity index is 2.14. The molecule has 0 atom stereocenters. The fraction of sp³-hybridized carbons (Fsp3) is 0.0526. The quantitative estimate of drug-likeness (QED) is 0.381. The molecule has 120 valence electrons. The summed E-state index contributed by atoms with van der Waals surface area (Å²) in [4.78, 5) is 0. The molecule has 3 aromatic carbocycles. The average Bonchev–Trinajstić information content (AvgIpc) is 2.89. The van der Waals surface area contributed by atoms with Crippen molar-refractivity contribution < 1.29 is 17.6 Å². The van der Waals surface area contributed by atoms with E-state index in [1.54, 1.807) is 24.3 Å². The van der Waals surface area contributed by atoms with E-state index in [0.717, 1.165) is 16.8 Å². The van der Waals surface area contributed by atoms with Crippen LogP contribution >= 0.6 is 0 Å². The van der Waals surface area contributed by atoms with E-state index in [-0.39, 0.29) is 5.69 Å². The van der Waals surface area contributed by atoms with Crippen LogP contribution in [0.1, 0.15) is 5.56 Å². The molecule has 0 radical (unpaired) electrons. The monoisotopic (exact) mass is 329 g/mol. The number of para-hydroxylation sites is 2. The fourth-order valence-electron chi connectivity index (χ4n) is 3.09. The third-order valence-corrected chi connectivity index (χ3v) is 4.10. The van der Waals surface area contributed by atoms with E-state index >= 15 is 0 Å². The van der Waals surface area contributed by atoms with E-state index in [1.807, 2.05) is 24.3 Å². The maximum atomic E-state index is 14.6. The molecule has 0 aliphatic heterocycles. The molecule has 0 N–H and O–H groups in total. The lowest BCUT2D eigenvalue weighted by Gasteiger charge is -2.13. The summed E-state index contributed by atoms with van der Waals surface area (Å²) < 4.78 is 55.3. The second-order valence-electron chi connectivity index (χ2n) is 5.51. The molecule has 24 heavy (non-hydrogen) atoms. The van der Waals surface area contributed by atoms with Crippen LogP contribution in [0.5, 0.6) is 0 Å². The van der Waals surface area contributed by atoms with Gasteiger partial charge in [0.05, 0.1) is 22.3 Å². The number of rotatable bonds is 1. The van der Waals surface area contributed by atoms with Crippen LogP contribution in [-0.4, -0.2) is 4.57 Å². The Bertz CT molecular complexity index is 1010. The molecule has 4 aromatic rings. The third kappa shape index (κ3) is 2.08. The zero-order valence-electron chi connectivity index (χ0n) is 12.3. The summed E-state index contributed by atoms with van der Waals surface area (Å²) in [6, 6.07) is 17.9. The largest absolute Gasteiger partial charge is 0.419 e. The lowest BCUT2D eigenvalue weighted by molar-refractivity contribution is -0.139. The van der Waals surface area contributed by atoms with Crippen LogP contribution in [0.3, 0.4) is 0 Å². The molecule has 0 saturated heterocycles. The first kappa shape index (κ1) is 14.8. The Morgan fingerprint density at radius 3 is 1.75 bits per heavy atom. The minimum atomic E-state index is -4.74. The summed E-state index contributed by atoms with van der Waals surface area (Å²) in [7, 11) is 0. The minimum Gasteiger partial charge on any atom is -0.306 e. The van der Waals surface area contributed by atoms with Crippen molar-refractivity contribution >= 4 is 21.8 Å². The molecular weight excluding hydrogens is 318 g/mol. The molecule has 1 aromatic heterocycles. The van der Waals surface area contributed by atoms with E-state index in [9.17, 15) is 17.6 Å². The van der Waals surface area contributed by atoms with E-state index in [2.05, 4.69) is 0 Å². The van der Waals surface area contributed by atoms with E-state index in [4.69, 9.17) is 0 Å². The lowest BCUT2D eigenvalue weighted by atomic mass is 10.1. The van der Waals surface area contributed by atoms with E-state index in [0.29, 0.717) is 11.0 Å². The smallest absolute Gasteiger partial charge is 0.306 e. The molecule has 0 spiro atoms. The second kappa shape index (κ2) is 5.09. The molecule has 0 bridgehead atoms. The Morgan fingerprint density at radius 2 is 1.21 bits per heavy atom. The summed E-state index contributed by atoms with van der Waals surface area (Å²) in [6.07, 6.45) is -4.74. The van der Waals surface area contributed by atoms with Crippen LogP contribution in [0.4, 0.5) is 17.6 Å². The number of fused-ring (bicyclic) bond motifs is 3. The van der Waals surface area contributed by atoms with Gasteiger partial charge in [0.1, 0.15) is 0 Å².